The zero-order valence-corrected chi connectivity index (χ0v) is 21.1. The predicted molar refractivity (Wildman–Crippen MR) is 141 cm³/mol. The van der Waals surface area contributed by atoms with Crippen molar-refractivity contribution in [2.24, 2.45) is 5.10 Å². The van der Waals surface area contributed by atoms with Crippen molar-refractivity contribution in [3.05, 3.63) is 90.3 Å². The number of halogens is 3. The van der Waals surface area contributed by atoms with E-state index in [2.05, 4.69) is 30.7 Å². The number of nitrogens with one attached hydrogen (secondary N) is 2. The molecule has 1 aromatic heterocycles. The molecule has 0 radical (unpaired) electrons. The van der Waals surface area contributed by atoms with Gasteiger partial charge in [0, 0.05) is 5.56 Å². The van der Waals surface area contributed by atoms with Gasteiger partial charge in [-0.25, -0.2) is 9.67 Å². The average Bonchev–Trinajstić information content (AvgIpc) is 3.39. The molecule has 38 heavy (non-hydrogen) atoms. The van der Waals surface area contributed by atoms with Gasteiger partial charge >= 0.3 is 6.36 Å². The molecule has 8 nitrogen and oxygen atoms in total. The van der Waals surface area contributed by atoms with Crippen molar-refractivity contribution in [3.8, 4) is 28.6 Å². The van der Waals surface area contributed by atoms with E-state index in [9.17, 15) is 13.2 Å². The number of benzene rings is 3. The molecule has 0 amide bonds. The number of nitrogens with zero attached hydrogens (tertiary/aromatic N) is 4. The number of alkyl halides is 3. The second-order valence-corrected chi connectivity index (χ2v) is 8.42. The summed E-state index contributed by atoms with van der Waals surface area (Å²) in [4.78, 5) is 4.28. The maximum absolute atomic E-state index is 12.3. The van der Waals surface area contributed by atoms with E-state index in [1.54, 1.807) is 13.3 Å². The molecule has 0 fully saturated rings. The highest BCUT2D eigenvalue weighted by molar-refractivity contribution is 7.80. The van der Waals surface area contributed by atoms with Gasteiger partial charge in [-0.15, -0.1) is 18.3 Å². The van der Waals surface area contributed by atoms with E-state index in [1.807, 2.05) is 55.5 Å². The molecule has 0 spiro atoms. The fourth-order valence-electron chi connectivity index (χ4n) is 3.41. The quantitative estimate of drug-likeness (QED) is 0.176. The molecule has 2 N–H and O–H groups in total. The van der Waals surface area contributed by atoms with Gasteiger partial charge in [0.25, 0.3) is 0 Å². The van der Waals surface area contributed by atoms with Crippen LogP contribution in [0, 0.1) is 0 Å². The first kappa shape index (κ1) is 26.6. The smallest absolute Gasteiger partial charge is 0.497 e. The Kier molecular flexibility index (Phi) is 8.22. The number of hydrazone groups is 1. The van der Waals surface area contributed by atoms with Crippen molar-refractivity contribution in [3.63, 3.8) is 0 Å². The highest BCUT2D eigenvalue weighted by Gasteiger charge is 2.31. The minimum atomic E-state index is -4.74. The van der Waals surface area contributed by atoms with E-state index in [0.717, 1.165) is 22.4 Å². The molecule has 0 aliphatic carbocycles. The first-order valence-corrected chi connectivity index (χ1v) is 11.7. The number of aromatic nitrogens is 3. The standard InChI is InChI=1S/C26H23F3N6O2S/c1-17(19-7-11-22(36-2)12-8-19)32-25(38)33-31-15-18-3-5-20(6-4-18)24-30-16-35(34-24)21-9-13-23(14-10-21)37-26(27,28)29/h3-17H,1-2H3,(H2,32,33,38)/b31-15+. The van der Waals surface area contributed by atoms with Crippen LogP contribution in [0.25, 0.3) is 17.1 Å². The van der Waals surface area contributed by atoms with Crippen LogP contribution in [0.15, 0.2) is 84.2 Å². The number of thiocarbonyl (C=S) groups is 1. The molecule has 0 saturated carbocycles. The first-order chi connectivity index (χ1) is 18.2. The van der Waals surface area contributed by atoms with E-state index in [4.69, 9.17) is 17.0 Å². The minimum Gasteiger partial charge on any atom is -0.497 e. The van der Waals surface area contributed by atoms with Crippen LogP contribution in [0.1, 0.15) is 24.1 Å². The van der Waals surface area contributed by atoms with Gasteiger partial charge in [0.15, 0.2) is 10.9 Å². The van der Waals surface area contributed by atoms with Crippen LogP contribution in [0.5, 0.6) is 11.5 Å². The lowest BCUT2D eigenvalue weighted by Gasteiger charge is -2.16. The number of rotatable bonds is 8. The van der Waals surface area contributed by atoms with Crippen molar-refractivity contribution < 1.29 is 22.6 Å². The summed E-state index contributed by atoms with van der Waals surface area (Å²) < 4.78 is 47.5. The number of ether oxygens (including phenoxy) is 2. The van der Waals surface area contributed by atoms with Gasteiger partial charge in [-0.1, -0.05) is 36.4 Å². The number of hydrogen-bond donors (Lipinski definition) is 2. The van der Waals surface area contributed by atoms with E-state index in [1.165, 1.54) is 35.3 Å². The first-order valence-electron chi connectivity index (χ1n) is 11.3. The Balaban J connectivity index is 1.31. The van der Waals surface area contributed by atoms with Crippen molar-refractivity contribution >= 4 is 23.5 Å². The second-order valence-electron chi connectivity index (χ2n) is 8.01. The van der Waals surface area contributed by atoms with Crippen molar-refractivity contribution in [1.82, 2.24) is 25.5 Å². The van der Waals surface area contributed by atoms with Crippen LogP contribution >= 0.6 is 12.2 Å². The van der Waals surface area contributed by atoms with Crippen molar-refractivity contribution in [2.75, 3.05) is 7.11 Å². The van der Waals surface area contributed by atoms with Crippen LogP contribution < -0.4 is 20.2 Å². The highest BCUT2D eigenvalue weighted by atomic mass is 32.1. The van der Waals surface area contributed by atoms with Gasteiger partial charge in [-0.3, -0.25) is 5.43 Å². The lowest BCUT2D eigenvalue weighted by Crippen LogP contribution is -2.34. The van der Waals surface area contributed by atoms with Crippen molar-refractivity contribution in [1.29, 1.82) is 0 Å². The van der Waals surface area contributed by atoms with E-state index < -0.39 is 6.36 Å². The summed E-state index contributed by atoms with van der Waals surface area (Å²) in [6.45, 7) is 1.99. The lowest BCUT2D eigenvalue weighted by atomic mass is 10.1. The van der Waals surface area contributed by atoms with Crippen LogP contribution in [-0.2, 0) is 0 Å². The molecule has 0 aliphatic heterocycles. The van der Waals surface area contributed by atoms with Gasteiger partial charge < -0.3 is 14.8 Å². The van der Waals surface area contributed by atoms with Gasteiger partial charge in [-0.05, 0) is 66.7 Å². The summed E-state index contributed by atoms with van der Waals surface area (Å²) in [5.41, 5.74) is 5.99. The molecule has 0 bridgehead atoms. The fraction of sp³-hybridized carbons (Fsp3) is 0.154. The molecule has 3 aromatic carbocycles. The molecule has 1 unspecified atom stereocenters. The second kappa shape index (κ2) is 11.7. The Morgan fingerprint density at radius 3 is 2.29 bits per heavy atom. The van der Waals surface area contributed by atoms with Gasteiger partial charge in [-0.2, -0.15) is 5.10 Å². The molecule has 4 rings (SSSR count). The number of hydrogen-bond acceptors (Lipinski definition) is 6. The summed E-state index contributed by atoms with van der Waals surface area (Å²) in [6.07, 6.45) is -1.63. The van der Waals surface area contributed by atoms with E-state index in [-0.39, 0.29) is 11.8 Å². The van der Waals surface area contributed by atoms with E-state index in [0.29, 0.717) is 16.6 Å². The summed E-state index contributed by atoms with van der Waals surface area (Å²) in [6, 6.07) is 20.4. The average molecular weight is 541 g/mol. The third-order valence-electron chi connectivity index (χ3n) is 5.34. The highest BCUT2D eigenvalue weighted by Crippen LogP contribution is 2.24. The zero-order valence-electron chi connectivity index (χ0n) is 20.3. The predicted octanol–water partition coefficient (Wildman–Crippen LogP) is 5.40. The van der Waals surface area contributed by atoms with Crippen LogP contribution in [0.2, 0.25) is 0 Å². The molecule has 1 atom stereocenters. The Morgan fingerprint density at radius 2 is 1.66 bits per heavy atom. The lowest BCUT2D eigenvalue weighted by molar-refractivity contribution is -0.274. The van der Waals surface area contributed by atoms with Crippen LogP contribution in [0.3, 0.4) is 0 Å². The largest absolute Gasteiger partial charge is 0.573 e. The molecule has 12 heteroatoms. The molecule has 0 aliphatic rings. The molecule has 0 saturated heterocycles. The molecule has 196 valence electrons. The van der Waals surface area contributed by atoms with Gasteiger partial charge in [0.2, 0.25) is 0 Å². The monoisotopic (exact) mass is 540 g/mol. The summed E-state index contributed by atoms with van der Waals surface area (Å²) >= 11 is 5.32. The summed E-state index contributed by atoms with van der Waals surface area (Å²) in [5, 5.41) is 12.1. The molecular formula is C26H23F3N6O2S. The van der Waals surface area contributed by atoms with Gasteiger partial charge in [0.1, 0.15) is 17.8 Å². The van der Waals surface area contributed by atoms with Crippen LogP contribution in [0.4, 0.5) is 13.2 Å². The Morgan fingerprint density at radius 1 is 1.00 bits per heavy atom. The maximum Gasteiger partial charge on any atom is 0.573 e. The Bertz CT molecular complexity index is 1390. The van der Waals surface area contributed by atoms with Crippen LogP contribution in [-0.4, -0.2) is 39.6 Å². The fourth-order valence-corrected chi connectivity index (χ4v) is 3.64. The topological polar surface area (TPSA) is 85.6 Å². The Labute approximate surface area is 222 Å². The Hall–Kier alpha value is -4.45. The van der Waals surface area contributed by atoms with E-state index >= 15 is 0 Å². The maximum atomic E-state index is 12.3. The zero-order chi connectivity index (χ0) is 27.1. The normalized spacial score (nSPS) is 12.2. The third kappa shape index (κ3) is 7.29. The van der Waals surface area contributed by atoms with Gasteiger partial charge in [0.05, 0.1) is 25.1 Å². The minimum absolute atomic E-state index is 0.0196. The third-order valence-corrected chi connectivity index (χ3v) is 5.55. The number of methoxy groups -OCH3 is 1. The molecule has 4 aromatic rings. The molecule has 1 heterocycles. The SMILES string of the molecule is COc1ccc(C(C)NC(=S)N/N=C/c2ccc(-c3ncn(-c4ccc(OC(F)(F)F)cc4)n3)cc2)cc1. The van der Waals surface area contributed by atoms with Crippen molar-refractivity contribution in [2.45, 2.75) is 19.3 Å². The summed E-state index contributed by atoms with van der Waals surface area (Å²) in [5.74, 6) is 0.936. The molecular weight excluding hydrogens is 517 g/mol. The summed E-state index contributed by atoms with van der Waals surface area (Å²) in [7, 11) is 1.62.